The Bertz CT molecular complexity index is 454. The number of carboxylic acid groups (broad SMARTS) is 1. The fourth-order valence-corrected chi connectivity index (χ4v) is 1.22. The van der Waals surface area contributed by atoms with E-state index >= 15 is 0 Å². The first-order chi connectivity index (χ1) is 7.75. The highest BCUT2D eigenvalue weighted by Crippen LogP contribution is 2.10. The lowest BCUT2D eigenvalue weighted by Crippen LogP contribution is -1.93. The van der Waals surface area contributed by atoms with Crippen LogP contribution in [0.25, 0.3) is 0 Å². The molecular weight excluding hydrogens is 212 g/mol. The van der Waals surface area contributed by atoms with E-state index in [2.05, 4.69) is 0 Å². The molecule has 0 radical (unpaired) electrons. The molecule has 2 rings (SSSR count). The van der Waals surface area contributed by atoms with E-state index in [9.17, 15) is 4.79 Å². The van der Waals surface area contributed by atoms with Crippen molar-refractivity contribution in [1.29, 1.82) is 0 Å². The lowest BCUT2D eigenvalue weighted by atomic mass is 10.3. The molecule has 16 heavy (non-hydrogen) atoms. The van der Waals surface area contributed by atoms with Crippen molar-refractivity contribution in [3.63, 3.8) is 0 Å². The highest BCUT2D eigenvalue weighted by atomic mass is 16.5. The Balaban J connectivity index is 1.83. The summed E-state index contributed by atoms with van der Waals surface area (Å²) < 4.78 is 15.4. The van der Waals surface area contributed by atoms with Crippen molar-refractivity contribution in [3.05, 3.63) is 47.8 Å². The van der Waals surface area contributed by atoms with Gasteiger partial charge in [-0.25, -0.2) is 4.79 Å². The van der Waals surface area contributed by atoms with Crippen LogP contribution < -0.4 is 0 Å². The molecule has 1 N–H and O–H groups in total. The zero-order valence-electron chi connectivity index (χ0n) is 8.38. The zero-order chi connectivity index (χ0) is 11.4. The van der Waals surface area contributed by atoms with E-state index in [1.54, 1.807) is 18.4 Å². The topological polar surface area (TPSA) is 72.8 Å². The molecule has 0 aliphatic carbocycles. The van der Waals surface area contributed by atoms with Gasteiger partial charge in [0.1, 0.15) is 31.0 Å². The number of furan rings is 2. The Morgan fingerprint density at radius 1 is 1.31 bits per heavy atom. The number of rotatable bonds is 5. The predicted molar refractivity (Wildman–Crippen MR) is 52.9 cm³/mol. The van der Waals surface area contributed by atoms with Gasteiger partial charge < -0.3 is 18.7 Å². The molecule has 84 valence electrons. The standard InChI is InChI=1S/C11H10O5/c12-11(13)8-4-10(16-5-8)7-14-6-9-2-1-3-15-9/h1-5H,6-7H2,(H,12,13). The Labute approximate surface area is 91.2 Å². The third kappa shape index (κ3) is 2.52. The largest absolute Gasteiger partial charge is 0.478 e. The van der Waals surface area contributed by atoms with Gasteiger partial charge in [-0.05, 0) is 18.2 Å². The van der Waals surface area contributed by atoms with Crippen LogP contribution >= 0.6 is 0 Å². The summed E-state index contributed by atoms with van der Waals surface area (Å²) in [5.41, 5.74) is 0.122. The molecule has 0 saturated heterocycles. The summed E-state index contributed by atoms with van der Waals surface area (Å²) in [5.74, 6) is 0.176. The Kier molecular flexibility index (Phi) is 3.07. The molecule has 0 atom stereocenters. The summed E-state index contributed by atoms with van der Waals surface area (Å²) in [5, 5.41) is 8.66. The summed E-state index contributed by atoms with van der Waals surface area (Å²) >= 11 is 0. The molecule has 0 spiro atoms. The van der Waals surface area contributed by atoms with Gasteiger partial charge in [-0.2, -0.15) is 0 Å². The van der Waals surface area contributed by atoms with Crippen LogP contribution in [0.5, 0.6) is 0 Å². The molecule has 0 aromatic carbocycles. The van der Waals surface area contributed by atoms with Crippen molar-refractivity contribution in [2.75, 3.05) is 0 Å². The van der Waals surface area contributed by atoms with Crippen LogP contribution in [0, 0.1) is 0 Å². The molecule has 2 heterocycles. The maximum Gasteiger partial charge on any atom is 0.338 e. The van der Waals surface area contributed by atoms with Crippen molar-refractivity contribution in [3.8, 4) is 0 Å². The van der Waals surface area contributed by atoms with Crippen LogP contribution in [-0.4, -0.2) is 11.1 Å². The van der Waals surface area contributed by atoms with Crippen molar-refractivity contribution in [1.82, 2.24) is 0 Å². The summed E-state index contributed by atoms with van der Waals surface area (Å²) in [6, 6.07) is 5.00. The van der Waals surface area contributed by atoms with E-state index < -0.39 is 5.97 Å². The summed E-state index contributed by atoms with van der Waals surface area (Å²) in [6.07, 6.45) is 2.75. The van der Waals surface area contributed by atoms with Crippen molar-refractivity contribution < 1.29 is 23.5 Å². The first-order valence-corrected chi connectivity index (χ1v) is 4.66. The molecule has 0 amide bonds. The monoisotopic (exact) mass is 222 g/mol. The van der Waals surface area contributed by atoms with Crippen molar-refractivity contribution in [2.45, 2.75) is 13.2 Å². The lowest BCUT2D eigenvalue weighted by Gasteiger charge is -1.98. The number of hydrogen-bond donors (Lipinski definition) is 1. The van der Waals surface area contributed by atoms with E-state index in [-0.39, 0.29) is 12.2 Å². The van der Waals surface area contributed by atoms with Crippen LogP contribution in [0.3, 0.4) is 0 Å². The fourth-order valence-electron chi connectivity index (χ4n) is 1.22. The van der Waals surface area contributed by atoms with E-state index in [0.29, 0.717) is 18.1 Å². The molecular formula is C11H10O5. The molecule has 5 heteroatoms. The van der Waals surface area contributed by atoms with Gasteiger partial charge >= 0.3 is 5.97 Å². The number of carboxylic acids is 1. The van der Waals surface area contributed by atoms with Crippen LogP contribution in [0.1, 0.15) is 21.9 Å². The quantitative estimate of drug-likeness (QED) is 0.840. The first kappa shape index (κ1) is 10.5. The second-order valence-electron chi connectivity index (χ2n) is 3.18. The van der Waals surface area contributed by atoms with E-state index in [1.165, 1.54) is 12.3 Å². The highest BCUT2D eigenvalue weighted by Gasteiger charge is 2.08. The van der Waals surface area contributed by atoms with Gasteiger partial charge in [-0.15, -0.1) is 0 Å². The summed E-state index contributed by atoms with van der Waals surface area (Å²) in [6.45, 7) is 0.546. The van der Waals surface area contributed by atoms with Crippen LogP contribution in [-0.2, 0) is 18.0 Å². The molecule has 0 aliphatic heterocycles. The van der Waals surface area contributed by atoms with Crippen LogP contribution in [0.4, 0.5) is 0 Å². The Hall–Kier alpha value is -2.01. The van der Waals surface area contributed by atoms with Crippen molar-refractivity contribution in [2.24, 2.45) is 0 Å². The number of carbonyl (C=O) groups is 1. The Morgan fingerprint density at radius 3 is 2.75 bits per heavy atom. The SMILES string of the molecule is O=C(O)c1coc(COCc2ccco2)c1. The molecule has 2 aromatic rings. The van der Waals surface area contributed by atoms with Crippen LogP contribution in [0.2, 0.25) is 0 Å². The number of aromatic carboxylic acids is 1. The minimum atomic E-state index is -1.01. The second-order valence-corrected chi connectivity index (χ2v) is 3.18. The summed E-state index contributed by atoms with van der Waals surface area (Å²) in [4.78, 5) is 10.6. The molecule has 0 aliphatic rings. The normalized spacial score (nSPS) is 10.5. The maximum atomic E-state index is 10.6. The fraction of sp³-hybridized carbons (Fsp3) is 0.182. The minimum absolute atomic E-state index is 0.122. The van der Waals surface area contributed by atoms with Gasteiger partial charge in [-0.1, -0.05) is 0 Å². The number of ether oxygens (including phenoxy) is 1. The van der Waals surface area contributed by atoms with Gasteiger partial charge in [0.05, 0.1) is 11.8 Å². The van der Waals surface area contributed by atoms with Crippen LogP contribution in [0.15, 0.2) is 39.6 Å². The Morgan fingerprint density at radius 2 is 2.12 bits per heavy atom. The average Bonchev–Trinajstić information content (AvgIpc) is 2.87. The van der Waals surface area contributed by atoms with E-state index in [4.69, 9.17) is 18.7 Å². The highest BCUT2D eigenvalue weighted by molar-refractivity contribution is 5.87. The van der Waals surface area contributed by atoms with Gasteiger partial charge in [0, 0.05) is 0 Å². The predicted octanol–water partition coefficient (Wildman–Crippen LogP) is 2.29. The second kappa shape index (κ2) is 4.67. The van der Waals surface area contributed by atoms with E-state index in [0.717, 1.165) is 0 Å². The van der Waals surface area contributed by atoms with Gasteiger partial charge in [-0.3, -0.25) is 0 Å². The molecule has 0 bridgehead atoms. The molecule has 5 nitrogen and oxygen atoms in total. The number of hydrogen-bond acceptors (Lipinski definition) is 4. The maximum absolute atomic E-state index is 10.6. The lowest BCUT2D eigenvalue weighted by molar-refractivity contribution is 0.0696. The minimum Gasteiger partial charge on any atom is -0.478 e. The third-order valence-electron chi connectivity index (χ3n) is 1.97. The molecule has 2 aromatic heterocycles. The van der Waals surface area contributed by atoms with E-state index in [1.807, 2.05) is 0 Å². The summed E-state index contributed by atoms with van der Waals surface area (Å²) in [7, 11) is 0. The zero-order valence-corrected chi connectivity index (χ0v) is 8.38. The first-order valence-electron chi connectivity index (χ1n) is 4.66. The van der Waals surface area contributed by atoms with Gasteiger partial charge in [0.2, 0.25) is 0 Å². The van der Waals surface area contributed by atoms with Gasteiger partial charge in [0.25, 0.3) is 0 Å². The smallest absolute Gasteiger partial charge is 0.338 e. The molecule has 0 saturated carbocycles. The molecule has 0 fully saturated rings. The van der Waals surface area contributed by atoms with Gasteiger partial charge in [0.15, 0.2) is 0 Å². The molecule has 0 unspecified atom stereocenters. The van der Waals surface area contributed by atoms with Crippen molar-refractivity contribution >= 4 is 5.97 Å². The third-order valence-corrected chi connectivity index (χ3v) is 1.97. The average molecular weight is 222 g/mol.